The van der Waals surface area contributed by atoms with Crippen LogP contribution in [0.3, 0.4) is 0 Å². The molecule has 3 rings (SSSR count). The summed E-state index contributed by atoms with van der Waals surface area (Å²) in [6.07, 6.45) is 2.53. The van der Waals surface area contributed by atoms with Crippen LogP contribution in [0.1, 0.15) is 36.9 Å². The van der Waals surface area contributed by atoms with Gasteiger partial charge in [-0.1, -0.05) is 48.0 Å². The van der Waals surface area contributed by atoms with Gasteiger partial charge in [-0.2, -0.15) is 0 Å². The van der Waals surface area contributed by atoms with Crippen LogP contribution in [-0.2, 0) is 11.2 Å². The van der Waals surface area contributed by atoms with Crippen molar-refractivity contribution in [2.75, 3.05) is 0 Å². The monoisotopic (exact) mass is 329 g/mol. The van der Waals surface area contributed by atoms with Gasteiger partial charge >= 0.3 is 0 Å². The molecule has 4 heteroatoms. The molecule has 0 heterocycles. The van der Waals surface area contributed by atoms with E-state index in [-0.39, 0.29) is 11.9 Å². The second-order valence-electron chi connectivity index (χ2n) is 5.84. The first-order valence-corrected chi connectivity index (χ1v) is 8.32. The molecule has 1 aliphatic carbocycles. The normalized spacial score (nSPS) is 17.9. The highest BCUT2D eigenvalue weighted by molar-refractivity contribution is 6.32. The van der Waals surface area contributed by atoms with Crippen LogP contribution in [0.4, 0.5) is 0 Å². The molecule has 1 aliphatic rings. The maximum atomic E-state index is 12.5. The SMILES string of the molecule is CC(Oc1ccccc1Cl)C(=O)NC1CCCc2ccccc21. The molecule has 23 heavy (non-hydrogen) atoms. The number of para-hydroxylation sites is 1. The second-order valence-corrected chi connectivity index (χ2v) is 6.25. The molecule has 0 spiro atoms. The molecule has 0 bridgehead atoms. The standard InChI is InChI=1S/C19H20ClNO2/c1-13(23-18-12-5-4-10-16(18)20)19(22)21-17-11-6-8-14-7-2-3-9-15(14)17/h2-5,7,9-10,12-13,17H,6,8,11H2,1H3,(H,21,22). The summed E-state index contributed by atoms with van der Waals surface area (Å²) in [5.41, 5.74) is 2.54. The van der Waals surface area contributed by atoms with Crippen LogP contribution in [0.15, 0.2) is 48.5 Å². The lowest BCUT2D eigenvalue weighted by Gasteiger charge is -2.27. The van der Waals surface area contributed by atoms with Crippen molar-refractivity contribution in [3.05, 3.63) is 64.7 Å². The number of benzene rings is 2. The van der Waals surface area contributed by atoms with E-state index in [9.17, 15) is 4.79 Å². The molecule has 1 N–H and O–H groups in total. The van der Waals surface area contributed by atoms with E-state index < -0.39 is 6.10 Å². The van der Waals surface area contributed by atoms with Gasteiger partial charge in [0.1, 0.15) is 5.75 Å². The fraction of sp³-hybridized carbons (Fsp3) is 0.316. The van der Waals surface area contributed by atoms with Gasteiger partial charge in [-0.25, -0.2) is 0 Å². The third-order valence-corrected chi connectivity index (χ3v) is 4.51. The first-order chi connectivity index (χ1) is 11.1. The van der Waals surface area contributed by atoms with Crippen LogP contribution in [0.25, 0.3) is 0 Å². The van der Waals surface area contributed by atoms with Crippen LogP contribution in [0.2, 0.25) is 5.02 Å². The van der Waals surface area contributed by atoms with Crippen LogP contribution < -0.4 is 10.1 Å². The van der Waals surface area contributed by atoms with Crippen molar-refractivity contribution >= 4 is 17.5 Å². The average Bonchev–Trinajstić information content (AvgIpc) is 2.57. The molecule has 0 fully saturated rings. The fourth-order valence-corrected chi connectivity index (χ4v) is 3.16. The minimum Gasteiger partial charge on any atom is -0.479 e. The Morgan fingerprint density at radius 3 is 2.78 bits per heavy atom. The third kappa shape index (κ3) is 3.67. The minimum absolute atomic E-state index is 0.0599. The molecule has 1 amide bonds. The van der Waals surface area contributed by atoms with Gasteiger partial charge in [-0.3, -0.25) is 4.79 Å². The van der Waals surface area contributed by atoms with Crippen LogP contribution >= 0.6 is 11.6 Å². The van der Waals surface area contributed by atoms with E-state index in [2.05, 4.69) is 17.4 Å². The number of halogens is 1. The van der Waals surface area contributed by atoms with Gasteiger partial charge in [0, 0.05) is 0 Å². The predicted molar refractivity (Wildman–Crippen MR) is 91.8 cm³/mol. The lowest BCUT2D eigenvalue weighted by atomic mass is 9.87. The molecule has 2 atom stereocenters. The molecule has 120 valence electrons. The Hall–Kier alpha value is -2.00. The van der Waals surface area contributed by atoms with Gasteiger partial charge in [0.05, 0.1) is 11.1 Å². The number of carbonyl (C=O) groups excluding carboxylic acids is 1. The van der Waals surface area contributed by atoms with E-state index in [1.54, 1.807) is 19.1 Å². The Labute approximate surface area is 141 Å². The summed E-state index contributed by atoms with van der Waals surface area (Å²) < 4.78 is 5.69. The van der Waals surface area contributed by atoms with Crippen LogP contribution in [0.5, 0.6) is 5.75 Å². The van der Waals surface area contributed by atoms with Crippen molar-refractivity contribution in [3.8, 4) is 5.75 Å². The first kappa shape index (κ1) is 15.9. The smallest absolute Gasteiger partial charge is 0.261 e. The molecule has 0 aromatic heterocycles. The number of fused-ring (bicyclic) bond motifs is 1. The van der Waals surface area contributed by atoms with Gasteiger partial charge < -0.3 is 10.1 Å². The molecule has 0 radical (unpaired) electrons. The van der Waals surface area contributed by atoms with Crippen LogP contribution in [0, 0.1) is 0 Å². The average molecular weight is 330 g/mol. The number of amides is 1. The van der Waals surface area contributed by atoms with E-state index in [0.717, 1.165) is 19.3 Å². The largest absolute Gasteiger partial charge is 0.479 e. The molecule has 0 saturated carbocycles. The summed E-state index contributed by atoms with van der Waals surface area (Å²) in [6.45, 7) is 1.74. The number of hydrogen-bond donors (Lipinski definition) is 1. The van der Waals surface area contributed by atoms with Crippen molar-refractivity contribution in [1.29, 1.82) is 0 Å². The summed E-state index contributed by atoms with van der Waals surface area (Å²) in [5, 5.41) is 3.62. The zero-order chi connectivity index (χ0) is 16.2. The number of aryl methyl sites for hydroxylation is 1. The Balaban J connectivity index is 1.67. The van der Waals surface area contributed by atoms with Gasteiger partial charge in [0.2, 0.25) is 0 Å². The van der Waals surface area contributed by atoms with Gasteiger partial charge in [-0.15, -0.1) is 0 Å². The zero-order valence-electron chi connectivity index (χ0n) is 13.1. The summed E-state index contributed by atoms with van der Waals surface area (Å²) >= 11 is 6.08. The highest BCUT2D eigenvalue weighted by Crippen LogP contribution is 2.30. The highest BCUT2D eigenvalue weighted by Gasteiger charge is 2.24. The molecule has 0 aliphatic heterocycles. The predicted octanol–water partition coefficient (Wildman–Crippen LogP) is 4.30. The number of ether oxygens (including phenoxy) is 1. The molecule has 2 aromatic carbocycles. The van der Waals surface area contributed by atoms with E-state index in [1.165, 1.54) is 11.1 Å². The van der Waals surface area contributed by atoms with E-state index >= 15 is 0 Å². The number of nitrogens with one attached hydrogen (secondary N) is 1. The Kier molecular flexibility index (Phi) is 4.87. The molecular weight excluding hydrogens is 310 g/mol. The van der Waals surface area contributed by atoms with Gasteiger partial charge in [0.15, 0.2) is 6.10 Å². The molecule has 2 aromatic rings. The van der Waals surface area contributed by atoms with Gasteiger partial charge in [-0.05, 0) is 49.4 Å². The summed E-state index contributed by atoms with van der Waals surface area (Å²) in [6, 6.07) is 15.5. The fourth-order valence-electron chi connectivity index (χ4n) is 2.98. The first-order valence-electron chi connectivity index (χ1n) is 7.94. The maximum Gasteiger partial charge on any atom is 0.261 e. The summed E-state index contributed by atoms with van der Waals surface area (Å²) in [5.74, 6) is 0.410. The Morgan fingerprint density at radius 2 is 1.96 bits per heavy atom. The Bertz CT molecular complexity index is 701. The molecule has 0 saturated heterocycles. The number of rotatable bonds is 4. The highest BCUT2D eigenvalue weighted by atomic mass is 35.5. The Morgan fingerprint density at radius 1 is 1.22 bits per heavy atom. The summed E-state index contributed by atoms with van der Waals surface area (Å²) in [4.78, 5) is 12.5. The van der Waals surface area contributed by atoms with Crippen molar-refractivity contribution in [1.82, 2.24) is 5.32 Å². The number of carbonyl (C=O) groups is 1. The van der Waals surface area contributed by atoms with E-state index in [1.807, 2.05) is 24.3 Å². The van der Waals surface area contributed by atoms with E-state index in [0.29, 0.717) is 10.8 Å². The zero-order valence-corrected chi connectivity index (χ0v) is 13.8. The minimum atomic E-state index is -0.594. The second kappa shape index (κ2) is 7.05. The summed E-state index contributed by atoms with van der Waals surface area (Å²) in [7, 11) is 0. The quantitative estimate of drug-likeness (QED) is 0.908. The van der Waals surface area contributed by atoms with Gasteiger partial charge in [0.25, 0.3) is 5.91 Å². The molecule has 2 unspecified atom stereocenters. The van der Waals surface area contributed by atoms with E-state index in [4.69, 9.17) is 16.3 Å². The van der Waals surface area contributed by atoms with Crippen molar-refractivity contribution in [3.63, 3.8) is 0 Å². The number of hydrogen-bond acceptors (Lipinski definition) is 2. The lowest BCUT2D eigenvalue weighted by Crippen LogP contribution is -2.39. The van der Waals surface area contributed by atoms with Crippen LogP contribution in [-0.4, -0.2) is 12.0 Å². The maximum absolute atomic E-state index is 12.5. The van der Waals surface area contributed by atoms with Crippen molar-refractivity contribution in [2.45, 2.75) is 38.3 Å². The van der Waals surface area contributed by atoms with Crippen molar-refractivity contribution < 1.29 is 9.53 Å². The molecule has 3 nitrogen and oxygen atoms in total. The third-order valence-electron chi connectivity index (χ3n) is 4.20. The molecular formula is C19H20ClNO2. The lowest BCUT2D eigenvalue weighted by molar-refractivity contribution is -0.128. The topological polar surface area (TPSA) is 38.3 Å². The van der Waals surface area contributed by atoms with Crippen molar-refractivity contribution in [2.24, 2.45) is 0 Å².